The lowest BCUT2D eigenvalue weighted by Gasteiger charge is -2.08. The van der Waals surface area contributed by atoms with Crippen LogP contribution in [-0.2, 0) is 16.0 Å². The van der Waals surface area contributed by atoms with Crippen LogP contribution >= 0.6 is 0 Å². The second-order valence-electron chi connectivity index (χ2n) is 6.29. The number of nitrogens with one attached hydrogen (secondary N) is 1. The Morgan fingerprint density at radius 3 is 2.07 bits per heavy atom. The van der Waals surface area contributed by atoms with Gasteiger partial charge in [-0.1, -0.05) is 17.3 Å². The van der Waals surface area contributed by atoms with Crippen molar-refractivity contribution in [2.45, 2.75) is 6.42 Å². The third kappa shape index (κ3) is 4.94. The summed E-state index contributed by atoms with van der Waals surface area (Å²) in [4.78, 5) is 11.3. The summed E-state index contributed by atoms with van der Waals surface area (Å²) in [5.41, 5.74) is 3.56. The van der Waals surface area contributed by atoms with E-state index in [1.54, 1.807) is 14.2 Å². The minimum absolute atomic E-state index is 0.147. The largest absolute Gasteiger partial charge is 0.497 e. The van der Waals surface area contributed by atoms with Crippen molar-refractivity contribution in [3.8, 4) is 33.9 Å². The van der Waals surface area contributed by atoms with Gasteiger partial charge in [-0.3, -0.25) is 4.79 Å². The molecule has 1 aromatic heterocycles. The van der Waals surface area contributed by atoms with Crippen molar-refractivity contribution in [1.29, 1.82) is 0 Å². The molecule has 0 bridgehead atoms. The smallest absolute Gasteiger partial charge is 0.319 e. The van der Waals surface area contributed by atoms with Crippen LogP contribution in [0.4, 0.5) is 0 Å². The Hall–Kier alpha value is -3.32. The van der Waals surface area contributed by atoms with Gasteiger partial charge < -0.3 is 24.1 Å². The van der Waals surface area contributed by atoms with Gasteiger partial charge >= 0.3 is 5.97 Å². The van der Waals surface area contributed by atoms with Crippen molar-refractivity contribution in [1.82, 2.24) is 10.5 Å². The van der Waals surface area contributed by atoms with Gasteiger partial charge in [-0.05, 0) is 42.0 Å². The standard InChI is InChI=1S/C22H24N2O5/c1-26-17-8-4-15(5-9-17)21-19(12-13-23-14-20(25)28-3)29-24-22(21)16-6-10-18(27-2)11-7-16/h4-11,23H,12-14H2,1-3H3. The summed E-state index contributed by atoms with van der Waals surface area (Å²) in [6, 6.07) is 15.4. The van der Waals surface area contributed by atoms with E-state index in [9.17, 15) is 4.79 Å². The minimum atomic E-state index is -0.308. The van der Waals surface area contributed by atoms with E-state index in [0.717, 1.165) is 39.6 Å². The lowest BCUT2D eigenvalue weighted by molar-refractivity contribution is -0.139. The van der Waals surface area contributed by atoms with E-state index in [4.69, 9.17) is 14.0 Å². The number of rotatable bonds is 9. The quantitative estimate of drug-likeness (QED) is 0.439. The van der Waals surface area contributed by atoms with E-state index >= 15 is 0 Å². The highest BCUT2D eigenvalue weighted by Gasteiger charge is 2.19. The fourth-order valence-electron chi connectivity index (χ4n) is 2.96. The summed E-state index contributed by atoms with van der Waals surface area (Å²) >= 11 is 0. The third-order valence-corrected chi connectivity index (χ3v) is 4.53. The molecule has 7 heteroatoms. The number of esters is 1. The number of methoxy groups -OCH3 is 3. The molecule has 1 N–H and O–H groups in total. The Morgan fingerprint density at radius 2 is 1.52 bits per heavy atom. The summed E-state index contributed by atoms with van der Waals surface area (Å²) < 4.78 is 20.8. The molecule has 0 aliphatic carbocycles. The third-order valence-electron chi connectivity index (χ3n) is 4.53. The highest BCUT2D eigenvalue weighted by atomic mass is 16.5. The Bertz CT molecular complexity index is 933. The number of benzene rings is 2. The minimum Gasteiger partial charge on any atom is -0.497 e. The second kappa shape index (κ2) is 9.75. The fourth-order valence-corrected chi connectivity index (χ4v) is 2.96. The van der Waals surface area contributed by atoms with E-state index < -0.39 is 0 Å². The molecule has 2 aromatic carbocycles. The molecule has 0 atom stereocenters. The van der Waals surface area contributed by atoms with Crippen LogP contribution in [0.5, 0.6) is 11.5 Å². The SMILES string of the molecule is COC(=O)CNCCc1onc(-c2ccc(OC)cc2)c1-c1ccc(OC)cc1. The number of aromatic nitrogens is 1. The first-order valence-electron chi connectivity index (χ1n) is 9.21. The van der Waals surface area contributed by atoms with Crippen LogP contribution in [0.3, 0.4) is 0 Å². The maximum atomic E-state index is 11.3. The topological polar surface area (TPSA) is 82.8 Å². The Balaban J connectivity index is 1.90. The van der Waals surface area contributed by atoms with Gasteiger partial charge in [-0.15, -0.1) is 0 Å². The maximum absolute atomic E-state index is 11.3. The van der Waals surface area contributed by atoms with E-state index in [1.165, 1.54) is 7.11 Å². The maximum Gasteiger partial charge on any atom is 0.319 e. The first-order valence-corrected chi connectivity index (χ1v) is 9.21. The zero-order chi connectivity index (χ0) is 20.6. The van der Waals surface area contributed by atoms with Gasteiger partial charge in [-0.2, -0.15) is 0 Å². The molecule has 3 aromatic rings. The summed E-state index contributed by atoms with van der Waals surface area (Å²) in [5, 5.41) is 7.37. The van der Waals surface area contributed by atoms with Crippen LogP contribution < -0.4 is 14.8 Å². The van der Waals surface area contributed by atoms with Gasteiger partial charge in [0.25, 0.3) is 0 Å². The van der Waals surface area contributed by atoms with Gasteiger partial charge in [-0.25, -0.2) is 0 Å². The molecule has 0 aliphatic rings. The number of hydrogen-bond acceptors (Lipinski definition) is 7. The van der Waals surface area contributed by atoms with Crippen LogP contribution in [0.15, 0.2) is 53.1 Å². The Morgan fingerprint density at radius 1 is 0.931 bits per heavy atom. The van der Waals surface area contributed by atoms with Crippen LogP contribution in [0.25, 0.3) is 22.4 Å². The Kier molecular flexibility index (Phi) is 6.86. The van der Waals surface area contributed by atoms with Gasteiger partial charge in [0.05, 0.1) is 33.4 Å². The van der Waals surface area contributed by atoms with E-state index in [2.05, 4.69) is 15.2 Å². The van der Waals surface area contributed by atoms with Gasteiger partial charge in [0, 0.05) is 18.5 Å². The molecule has 0 saturated heterocycles. The summed E-state index contributed by atoms with van der Waals surface area (Å²) in [7, 11) is 4.63. The first kappa shape index (κ1) is 20.4. The molecule has 0 aliphatic heterocycles. The molecule has 0 saturated carbocycles. The summed E-state index contributed by atoms with van der Waals surface area (Å²) in [5.74, 6) is 1.98. The van der Waals surface area contributed by atoms with Crippen LogP contribution in [0, 0.1) is 0 Å². The lowest BCUT2D eigenvalue weighted by atomic mass is 9.98. The van der Waals surface area contributed by atoms with Crippen molar-refractivity contribution in [2.24, 2.45) is 0 Å². The monoisotopic (exact) mass is 396 g/mol. The summed E-state index contributed by atoms with van der Waals surface area (Å²) in [6.45, 7) is 0.698. The number of ether oxygens (including phenoxy) is 3. The zero-order valence-corrected chi connectivity index (χ0v) is 16.7. The molecule has 0 radical (unpaired) electrons. The fraction of sp³-hybridized carbons (Fsp3) is 0.273. The van der Waals surface area contributed by atoms with Crippen molar-refractivity contribution < 1.29 is 23.5 Å². The van der Waals surface area contributed by atoms with Gasteiger partial charge in [0.1, 0.15) is 23.0 Å². The predicted octanol–water partition coefficient (Wildman–Crippen LogP) is 3.33. The predicted molar refractivity (Wildman–Crippen MR) is 109 cm³/mol. The van der Waals surface area contributed by atoms with Gasteiger partial charge in [0.2, 0.25) is 0 Å². The molecule has 152 valence electrons. The average molecular weight is 396 g/mol. The van der Waals surface area contributed by atoms with E-state index in [1.807, 2.05) is 48.5 Å². The molecular weight excluding hydrogens is 372 g/mol. The van der Waals surface area contributed by atoms with E-state index in [-0.39, 0.29) is 12.5 Å². The van der Waals surface area contributed by atoms with Crippen molar-refractivity contribution >= 4 is 5.97 Å². The highest BCUT2D eigenvalue weighted by molar-refractivity contribution is 5.82. The average Bonchev–Trinajstić information content (AvgIpc) is 3.20. The highest BCUT2D eigenvalue weighted by Crippen LogP contribution is 2.36. The number of hydrogen-bond donors (Lipinski definition) is 1. The molecule has 29 heavy (non-hydrogen) atoms. The molecule has 7 nitrogen and oxygen atoms in total. The Labute approximate surface area is 169 Å². The van der Waals surface area contributed by atoms with Crippen LogP contribution in [-0.4, -0.2) is 45.5 Å². The molecular formula is C22H24N2O5. The van der Waals surface area contributed by atoms with E-state index in [0.29, 0.717) is 13.0 Å². The number of nitrogens with zero attached hydrogens (tertiary/aromatic N) is 1. The molecule has 0 unspecified atom stereocenters. The molecule has 1 heterocycles. The van der Waals surface area contributed by atoms with Crippen molar-refractivity contribution in [2.75, 3.05) is 34.4 Å². The number of carbonyl (C=O) groups excluding carboxylic acids is 1. The van der Waals surface area contributed by atoms with Crippen LogP contribution in [0.2, 0.25) is 0 Å². The van der Waals surface area contributed by atoms with Crippen molar-refractivity contribution in [3.05, 3.63) is 54.3 Å². The second-order valence-corrected chi connectivity index (χ2v) is 6.29. The van der Waals surface area contributed by atoms with Gasteiger partial charge in [0.15, 0.2) is 0 Å². The molecule has 3 rings (SSSR count). The number of carbonyl (C=O) groups is 1. The van der Waals surface area contributed by atoms with Crippen molar-refractivity contribution in [3.63, 3.8) is 0 Å². The molecule has 0 amide bonds. The lowest BCUT2D eigenvalue weighted by Crippen LogP contribution is -2.25. The summed E-state index contributed by atoms with van der Waals surface area (Å²) in [6.07, 6.45) is 0.571. The van der Waals surface area contributed by atoms with Crippen LogP contribution in [0.1, 0.15) is 5.76 Å². The first-order chi connectivity index (χ1) is 14.2. The molecule has 0 spiro atoms. The zero-order valence-electron chi connectivity index (χ0n) is 16.7. The molecule has 0 fully saturated rings. The normalized spacial score (nSPS) is 10.6.